The van der Waals surface area contributed by atoms with Crippen molar-refractivity contribution >= 4 is 28.6 Å². The number of halogens is 1. The lowest BCUT2D eigenvalue weighted by molar-refractivity contribution is 0.0182. The highest BCUT2D eigenvalue weighted by Gasteiger charge is 2.07. The Bertz CT molecular complexity index is 805. The lowest BCUT2D eigenvalue weighted by atomic mass is 10.2. The summed E-state index contributed by atoms with van der Waals surface area (Å²) < 4.78 is 12.4. The van der Waals surface area contributed by atoms with Crippen LogP contribution in [0.1, 0.15) is 10.4 Å². The van der Waals surface area contributed by atoms with Crippen LogP contribution < -0.4 is 0 Å². The van der Waals surface area contributed by atoms with Crippen LogP contribution in [0, 0.1) is 0 Å². The first kappa shape index (κ1) is 15.5. The van der Waals surface area contributed by atoms with E-state index >= 15 is 0 Å². The zero-order chi connectivity index (χ0) is 16.1. The maximum Gasteiger partial charge on any atom is 0.338 e. The van der Waals surface area contributed by atoms with Crippen LogP contribution in [-0.4, -0.2) is 33.7 Å². The number of nitrogens with zero attached hydrogens (tertiary/aromatic N) is 3. The van der Waals surface area contributed by atoms with Gasteiger partial charge in [0.2, 0.25) is 0 Å². The van der Waals surface area contributed by atoms with E-state index in [9.17, 15) is 4.79 Å². The number of fused-ring (bicyclic) bond motifs is 1. The topological polar surface area (TPSA) is 66.2 Å². The monoisotopic (exact) mass is 331 g/mol. The molecule has 0 saturated heterocycles. The number of rotatable bonds is 6. The Morgan fingerprint density at radius 2 is 1.96 bits per heavy atom. The van der Waals surface area contributed by atoms with E-state index in [1.807, 2.05) is 22.9 Å². The molecule has 0 aliphatic carbocycles. The van der Waals surface area contributed by atoms with E-state index in [-0.39, 0.29) is 19.2 Å². The molecule has 2 aromatic heterocycles. The van der Waals surface area contributed by atoms with Gasteiger partial charge in [-0.1, -0.05) is 29.8 Å². The summed E-state index contributed by atoms with van der Waals surface area (Å²) in [5.74, 6) is -0.361. The molecule has 0 aliphatic rings. The van der Waals surface area contributed by atoms with E-state index in [4.69, 9.17) is 21.1 Å². The highest BCUT2D eigenvalue weighted by molar-refractivity contribution is 6.33. The van der Waals surface area contributed by atoms with E-state index < -0.39 is 0 Å². The van der Waals surface area contributed by atoms with E-state index in [2.05, 4.69) is 9.97 Å². The Hall–Kier alpha value is -2.44. The fourth-order valence-corrected chi connectivity index (χ4v) is 2.28. The van der Waals surface area contributed by atoms with Gasteiger partial charge in [0, 0.05) is 6.20 Å². The molecule has 0 aliphatic heterocycles. The summed E-state index contributed by atoms with van der Waals surface area (Å²) in [5.41, 5.74) is 1.22. The van der Waals surface area contributed by atoms with E-state index in [0.29, 0.717) is 23.1 Å². The van der Waals surface area contributed by atoms with Crippen LogP contribution in [0.5, 0.6) is 0 Å². The maximum atomic E-state index is 11.7. The quantitative estimate of drug-likeness (QED) is 0.395. The van der Waals surface area contributed by atoms with Gasteiger partial charge in [-0.05, 0) is 18.2 Å². The molecule has 0 amide bonds. The van der Waals surface area contributed by atoms with Gasteiger partial charge < -0.3 is 14.0 Å². The zero-order valence-electron chi connectivity index (χ0n) is 12.2. The average molecular weight is 332 g/mol. The highest BCUT2D eigenvalue weighted by Crippen LogP contribution is 2.19. The number of benzene rings is 1. The number of hydrogen-bond acceptors (Lipinski definition) is 5. The Labute approximate surface area is 137 Å². The first-order valence-electron chi connectivity index (χ1n) is 7.01. The van der Waals surface area contributed by atoms with Crippen molar-refractivity contribution in [3.63, 3.8) is 0 Å². The minimum atomic E-state index is -0.361. The summed E-state index contributed by atoms with van der Waals surface area (Å²) in [6.07, 6.45) is 3.23. The third kappa shape index (κ3) is 3.67. The van der Waals surface area contributed by atoms with Crippen LogP contribution in [0.15, 0.2) is 48.9 Å². The first-order chi connectivity index (χ1) is 11.3. The first-order valence-corrected chi connectivity index (χ1v) is 7.39. The Morgan fingerprint density at radius 3 is 2.78 bits per heavy atom. The second-order valence-corrected chi connectivity index (χ2v) is 5.08. The fraction of sp³-hybridized carbons (Fsp3) is 0.188. The normalized spacial score (nSPS) is 10.8. The van der Waals surface area contributed by atoms with Crippen molar-refractivity contribution in [1.82, 2.24) is 14.5 Å². The second-order valence-electron chi connectivity index (χ2n) is 4.73. The van der Waals surface area contributed by atoms with Gasteiger partial charge in [-0.3, -0.25) is 0 Å². The third-order valence-corrected chi connectivity index (χ3v) is 3.51. The Balaban J connectivity index is 1.46. The van der Waals surface area contributed by atoms with Gasteiger partial charge in [-0.15, -0.1) is 0 Å². The largest absolute Gasteiger partial charge is 0.460 e. The molecule has 3 aromatic rings. The molecule has 0 radical (unpaired) electrons. The van der Waals surface area contributed by atoms with Crippen LogP contribution in [0.4, 0.5) is 0 Å². The molecule has 0 saturated carbocycles. The van der Waals surface area contributed by atoms with Crippen molar-refractivity contribution in [3.05, 3.63) is 59.6 Å². The third-order valence-electron chi connectivity index (χ3n) is 3.21. The van der Waals surface area contributed by atoms with E-state index in [1.165, 1.54) is 6.33 Å². The van der Waals surface area contributed by atoms with E-state index in [1.54, 1.807) is 24.3 Å². The molecule has 7 heteroatoms. The van der Waals surface area contributed by atoms with Crippen LogP contribution in [0.2, 0.25) is 5.15 Å². The number of aromatic nitrogens is 3. The molecule has 1 aromatic carbocycles. The number of hydrogen-bond donors (Lipinski definition) is 0. The van der Waals surface area contributed by atoms with Crippen LogP contribution >= 0.6 is 11.6 Å². The average Bonchev–Trinajstić information content (AvgIpc) is 3.00. The van der Waals surface area contributed by atoms with Crippen LogP contribution in [0.3, 0.4) is 0 Å². The standard InChI is InChI=1S/C16H14ClN3O3/c17-14-13-6-7-20(15(13)19-10-18-14)11-22-8-9-23-16(21)12-4-2-1-3-5-12/h1-7,10H,8-9,11H2. The van der Waals surface area contributed by atoms with Crippen molar-refractivity contribution in [2.24, 2.45) is 0 Å². The summed E-state index contributed by atoms with van der Waals surface area (Å²) in [5, 5.41) is 1.18. The summed E-state index contributed by atoms with van der Waals surface area (Å²) in [7, 11) is 0. The molecule has 118 valence electrons. The molecule has 0 fully saturated rings. The zero-order valence-corrected chi connectivity index (χ0v) is 12.9. The minimum absolute atomic E-state index is 0.183. The highest BCUT2D eigenvalue weighted by atomic mass is 35.5. The van der Waals surface area contributed by atoms with Gasteiger partial charge in [-0.25, -0.2) is 14.8 Å². The van der Waals surface area contributed by atoms with Gasteiger partial charge in [0.1, 0.15) is 30.5 Å². The summed E-state index contributed by atoms with van der Waals surface area (Å²) in [6.45, 7) is 0.763. The maximum absolute atomic E-state index is 11.7. The Morgan fingerprint density at radius 1 is 1.13 bits per heavy atom. The summed E-state index contributed by atoms with van der Waals surface area (Å²) in [4.78, 5) is 19.8. The predicted octanol–water partition coefficient (Wildman–Crippen LogP) is 2.92. The number of esters is 1. The van der Waals surface area contributed by atoms with Crippen molar-refractivity contribution in [1.29, 1.82) is 0 Å². The predicted molar refractivity (Wildman–Crippen MR) is 85.2 cm³/mol. The van der Waals surface area contributed by atoms with Crippen molar-refractivity contribution in [2.45, 2.75) is 6.73 Å². The summed E-state index contributed by atoms with van der Waals surface area (Å²) >= 11 is 5.98. The van der Waals surface area contributed by atoms with Gasteiger partial charge in [-0.2, -0.15) is 0 Å². The Kier molecular flexibility index (Phi) is 4.85. The molecule has 0 spiro atoms. The number of ether oxygens (including phenoxy) is 2. The van der Waals surface area contributed by atoms with Gasteiger partial charge >= 0.3 is 5.97 Å². The molecule has 0 N–H and O–H groups in total. The molecule has 6 nitrogen and oxygen atoms in total. The number of carbonyl (C=O) groups is 1. The second kappa shape index (κ2) is 7.21. The lowest BCUT2D eigenvalue weighted by Crippen LogP contribution is -2.12. The molecular formula is C16H14ClN3O3. The molecule has 0 bridgehead atoms. The van der Waals surface area contributed by atoms with E-state index in [0.717, 1.165) is 5.39 Å². The van der Waals surface area contributed by atoms with Crippen molar-refractivity contribution in [3.8, 4) is 0 Å². The summed E-state index contributed by atoms with van der Waals surface area (Å²) in [6, 6.07) is 10.7. The SMILES string of the molecule is O=C(OCCOCn1ccc2c(Cl)ncnc21)c1ccccc1. The smallest absolute Gasteiger partial charge is 0.338 e. The van der Waals surface area contributed by atoms with Gasteiger partial charge in [0.15, 0.2) is 0 Å². The molecule has 0 atom stereocenters. The van der Waals surface area contributed by atoms with Crippen molar-refractivity contribution in [2.75, 3.05) is 13.2 Å². The van der Waals surface area contributed by atoms with Crippen LogP contribution in [0.25, 0.3) is 11.0 Å². The molecular weight excluding hydrogens is 318 g/mol. The van der Waals surface area contributed by atoms with Crippen molar-refractivity contribution < 1.29 is 14.3 Å². The van der Waals surface area contributed by atoms with Gasteiger partial charge in [0.25, 0.3) is 0 Å². The minimum Gasteiger partial charge on any atom is -0.460 e. The lowest BCUT2D eigenvalue weighted by Gasteiger charge is -2.07. The van der Waals surface area contributed by atoms with Crippen LogP contribution in [-0.2, 0) is 16.2 Å². The molecule has 3 rings (SSSR count). The molecule has 2 heterocycles. The fourth-order valence-electron chi connectivity index (χ4n) is 2.09. The molecule has 0 unspecified atom stereocenters. The molecule has 23 heavy (non-hydrogen) atoms. The number of carbonyl (C=O) groups excluding carboxylic acids is 1. The van der Waals surface area contributed by atoms with Gasteiger partial charge in [0.05, 0.1) is 17.6 Å².